The molecule has 0 saturated carbocycles. The van der Waals surface area contributed by atoms with Crippen LogP contribution in [0.4, 0.5) is 17.1 Å². The highest BCUT2D eigenvalue weighted by atomic mass is 32.1. The molecule has 9 aromatic rings. The molecule has 0 unspecified atom stereocenters. The van der Waals surface area contributed by atoms with Gasteiger partial charge in [-0.1, -0.05) is 140 Å². The van der Waals surface area contributed by atoms with Crippen molar-refractivity contribution in [2.45, 2.75) is 0 Å². The van der Waals surface area contributed by atoms with Crippen molar-refractivity contribution in [1.29, 1.82) is 0 Å². The molecule has 0 radical (unpaired) electrons. The summed E-state index contributed by atoms with van der Waals surface area (Å²) < 4.78 is 2.61. The number of anilines is 3. The molecule has 0 fully saturated rings. The van der Waals surface area contributed by atoms with Gasteiger partial charge >= 0.3 is 0 Å². The highest BCUT2D eigenvalue weighted by Crippen LogP contribution is 2.51. The minimum atomic E-state index is 1.13. The summed E-state index contributed by atoms with van der Waals surface area (Å²) >= 11 is 1.87. The molecule has 1 aliphatic carbocycles. The number of thiophene rings is 1. The number of hydrogen-bond donors (Lipinski definition) is 0. The second-order valence-corrected chi connectivity index (χ2v) is 13.6. The zero-order valence-electron chi connectivity index (χ0n) is 26.1. The van der Waals surface area contributed by atoms with Gasteiger partial charge in [0.1, 0.15) is 0 Å². The molecule has 48 heavy (non-hydrogen) atoms. The summed E-state index contributed by atoms with van der Waals surface area (Å²) in [6.07, 6.45) is 0. The summed E-state index contributed by atoms with van der Waals surface area (Å²) in [4.78, 5) is 2.45. The first kappa shape index (κ1) is 27.2. The number of hydrogen-bond acceptors (Lipinski definition) is 2. The lowest BCUT2D eigenvalue weighted by Crippen LogP contribution is -2.10. The summed E-state index contributed by atoms with van der Waals surface area (Å²) in [6.45, 7) is 0. The Morgan fingerprint density at radius 2 is 0.875 bits per heavy atom. The van der Waals surface area contributed by atoms with Crippen LogP contribution in [0.5, 0.6) is 0 Å². The van der Waals surface area contributed by atoms with Crippen molar-refractivity contribution >= 4 is 59.3 Å². The normalized spacial score (nSPS) is 11.8. The minimum absolute atomic E-state index is 1.13. The topological polar surface area (TPSA) is 3.24 Å². The van der Waals surface area contributed by atoms with E-state index in [4.69, 9.17) is 0 Å². The van der Waals surface area contributed by atoms with Gasteiger partial charge < -0.3 is 4.90 Å². The molecule has 0 atom stereocenters. The highest BCUT2D eigenvalue weighted by molar-refractivity contribution is 7.25. The SMILES string of the molecule is c1ccc(-c2ccc(N(c3ccc4c(c3)sc3ccccc34)c3ccc4c5c(cccc35)-c3ccccc3-c3ccccc3-4)cc2)cc1. The van der Waals surface area contributed by atoms with Crippen LogP contribution in [0.25, 0.3) is 75.5 Å². The second kappa shape index (κ2) is 10.8. The van der Waals surface area contributed by atoms with Gasteiger partial charge in [0.15, 0.2) is 0 Å². The molecule has 0 amide bonds. The van der Waals surface area contributed by atoms with E-state index in [0.717, 1.165) is 11.4 Å². The van der Waals surface area contributed by atoms with E-state index in [-0.39, 0.29) is 0 Å². The molecule has 1 aromatic heterocycles. The lowest BCUT2D eigenvalue weighted by Gasteiger charge is -2.28. The molecule has 1 nitrogen and oxygen atoms in total. The van der Waals surface area contributed by atoms with E-state index in [2.05, 4.69) is 181 Å². The summed E-state index contributed by atoms with van der Waals surface area (Å²) in [5.41, 5.74) is 13.5. The molecule has 8 aromatic carbocycles. The van der Waals surface area contributed by atoms with Crippen LogP contribution in [-0.4, -0.2) is 0 Å². The Bertz CT molecular complexity index is 2610. The van der Waals surface area contributed by atoms with Gasteiger partial charge in [-0.25, -0.2) is 0 Å². The standard InChI is InChI=1S/C46H29NS/c1-2-11-30(12-3-1)31-21-23-32(24-22-31)47(33-25-26-39-38-17-8-9-20-44(38)48-45(39)29-33)43-28-27-41-37-16-7-5-14-35(37)34-13-4-6-15-36(34)40-18-10-19-42(43)46(40)41/h1-29H. The quantitative estimate of drug-likeness (QED) is 0.188. The van der Waals surface area contributed by atoms with E-state index >= 15 is 0 Å². The molecular formula is C46H29NS. The van der Waals surface area contributed by atoms with E-state index in [9.17, 15) is 0 Å². The first-order chi connectivity index (χ1) is 23.8. The predicted molar refractivity (Wildman–Crippen MR) is 207 cm³/mol. The Morgan fingerprint density at radius 1 is 0.333 bits per heavy atom. The second-order valence-electron chi connectivity index (χ2n) is 12.5. The molecule has 0 bridgehead atoms. The Labute approximate surface area is 283 Å². The van der Waals surface area contributed by atoms with Gasteiger partial charge in [-0.2, -0.15) is 0 Å². The zero-order valence-corrected chi connectivity index (χ0v) is 26.9. The Balaban J connectivity index is 1.24. The van der Waals surface area contributed by atoms with Gasteiger partial charge in [-0.15, -0.1) is 11.3 Å². The molecule has 0 saturated heterocycles. The van der Waals surface area contributed by atoms with Crippen LogP contribution in [0.3, 0.4) is 0 Å². The Kier molecular flexibility index (Phi) is 6.12. The molecular weight excluding hydrogens is 599 g/mol. The fraction of sp³-hybridized carbons (Fsp3) is 0. The average Bonchev–Trinajstić information content (AvgIpc) is 3.48. The maximum atomic E-state index is 2.45. The zero-order chi connectivity index (χ0) is 31.6. The summed E-state index contributed by atoms with van der Waals surface area (Å²) in [5.74, 6) is 0. The summed E-state index contributed by atoms with van der Waals surface area (Å²) in [5, 5.41) is 5.15. The van der Waals surface area contributed by atoms with Crippen molar-refractivity contribution in [2.75, 3.05) is 4.90 Å². The van der Waals surface area contributed by atoms with E-state index < -0.39 is 0 Å². The van der Waals surface area contributed by atoms with Gasteiger partial charge in [0.05, 0.1) is 5.69 Å². The number of fused-ring (bicyclic) bond motifs is 8. The molecule has 10 rings (SSSR count). The maximum absolute atomic E-state index is 2.45. The summed E-state index contributed by atoms with van der Waals surface area (Å²) in [6, 6.07) is 64.6. The molecule has 2 heteroatoms. The predicted octanol–water partition coefficient (Wildman–Crippen LogP) is 13.7. The van der Waals surface area contributed by atoms with Gasteiger partial charge in [-0.3, -0.25) is 0 Å². The highest BCUT2D eigenvalue weighted by Gasteiger charge is 2.24. The Morgan fingerprint density at radius 3 is 1.62 bits per heavy atom. The van der Waals surface area contributed by atoms with E-state index in [1.54, 1.807) is 0 Å². The van der Waals surface area contributed by atoms with Crippen LogP contribution < -0.4 is 4.90 Å². The van der Waals surface area contributed by atoms with Crippen molar-refractivity contribution in [1.82, 2.24) is 0 Å². The van der Waals surface area contributed by atoms with Crippen LogP contribution in [0.2, 0.25) is 0 Å². The fourth-order valence-corrected chi connectivity index (χ4v) is 8.79. The van der Waals surface area contributed by atoms with Crippen molar-refractivity contribution in [2.24, 2.45) is 0 Å². The van der Waals surface area contributed by atoms with E-state index in [0.29, 0.717) is 0 Å². The first-order valence-electron chi connectivity index (χ1n) is 16.4. The van der Waals surface area contributed by atoms with Crippen LogP contribution >= 0.6 is 11.3 Å². The summed E-state index contributed by atoms with van der Waals surface area (Å²) in [7, 11) is 0. The van der Waals surface area contributed by atoms with Gasteiger partial charge in [0.2, 0.25) is 0 Å². The fourth-order valence-electron chi connectivity index (χ4n) is 7.66. The van der Waals surface area contributed by atoms with Gasteiger partial charge in [0, 0.05) is 36.9 Å². The van der Waals surface area contributed by atoms with E-state index in [1.165, 1.54) is 81.1 Å². The molecule has 1 heterocycles. The monoisotopic (exact) mass is 627 g/mol. The number of nitrogens with zero attached hydrogens (tertiary/aromatic N) is 1. The molecule has 0 N–H and O–H groups in total. The van der Waals surface area contributed by atoms with Crippen LogP contribution in [0.15, 0.2) is 176 Å². The molecule has 1 aliphatic rings. The Hall–Kier alpha value is -5.96. The van der Waals surface area contributed by atoms with Crippen LogP contribution in [0, 0.1) is 0 Å². The van der Waals surface area contributed by atoms with Crippen LogP contribution in [-0.2, 0) is 0 Å². The lowest BCUT2D eigenvalue weighted by atomic mass is 9.92. The molecule has 224 valence electrons. The molecule has 0 spiro atoms. The van der Waals surface area contributed by atoms with Gasteiger partial charge in [-0.05, 0) is 86.3 Å². The number of rotatable bonds is 4. The third kappa shape index (κ3) is 4.17. The van der Waals surface area contributed by atoms with Crippen molar-refractivity contribution in [3.8, 4) is 44.5 Å². The van der Waals surface area contributed by atoms with Crippen molar-refractivity contribution in [3.63, 3.8) is 0 Å². The van der Waals surface area contributed by atoms with Crippen LogP contribution in [0.1, 0.15) is 0 Å². The largest absolute Gasteiger partial charge is 0.310 e. The van der Waals surface area contributed by atoms with Crippen molar-refractivity contribution < 1.29 is 0 Å². The lowest BCUT2D eigenvalue weighted by molar-refractivity contribution is 1.30. The van der Waals surface area contributed by atoms with Gasteiger partial charge in [0.25, 0.3) is 0 Å². The third-order valence-electron chi connectivity index (χ3n) is 9.84. The average molecular weight is 628 g/mol. The van der Waals surface area contributed by atoms with E-state index in [1.807, 2.05) is 11.3 Å². The molecule has 0 aliphatic heterocycles. The third-order valence-corrected chi connectivity index (χ3v) is 11.0. The van der Waals surface area contributed by atoms with Crippen molar-refractivity contribution in [3.05, 3.63) is 176 Å². The smallest absolute Gasteiger partial charge is 0.0540 e. The minimum Gasteiger partial charge on any atom is -0.310 e. The first-order valence-corrected chi connectivity index (χ1v) is 17.3. The maximum Gasteiger partial charge on any atom is 0.0540 e. The number of benzene rings is 8.